The van der Waals surface area contributed by atoms with Crippen molar-refractivity contribution < 1.29 is 22.7 Å². The van der Waals surface area contributed by atoms with E-state index in [0.29, 0.717) is 6.07 Å². The number of nitrogens with zero attached hydrogens (tertiary/aromatic N) is 3. The van der Waals surface area contributed by atoms with Gasteiger partial charge in [-0.25, -0.2) is 18.3 Å². The quantitative estimate of drug-likeness (QED) is 0.631. The van der Waals surface area contributed by atoms with Crippen LogP contribution in [0.1, 0.15) is 17.3 Å². The first-order valence-electron chi connectivity index (χ1n) is 5.26. The molecule has 0 fully saturated rings. The number of esters is 1. The molecule has 0 saturated carbocycles. The monoisotopic (exact) mass is 271 g/mol. The maximum absolute atomic E-state index is 13.4. The van der Waals surface area contributed by atoms with Crippen molar-refractivity contribution in [2.75, 3.05) is 6.61 Å². The fraction of sp³-hybridized carbons (Fsp3) is 0.182. The van der Waals surface area contributed by atoms with Gasteiger partial charge in [0.15, 0.2) is 17.5 Å². The molecule has 0 spiro atoms. The van der Waals surface area contributed by atoms with Gasteiger partial charge in [-0.05, 0) is 6.92 Å². The van der Waals surface area contributed by atoms with E-state index in [9.17, 15) is 18.0 Å². The molecule has 0 aliphatic heterocycles. The van der Waals surface area contributed by atoms with Crippen molar-refractivity contribution in [3.05, 3.63) is 41.6 Å². The molecular formula is C11H8F3N3O2. The molecule has 0 aromatic carbocycles. The molecule has 0 atom stereocenters. The summed E-state index contributed by atoms with van der Waals surface area (Å²) in [6.07, 6.45) is 2.22. The molecule has 2 rings (SSSR count). The maximum Gasteiger partial charge on any atom is 0.341 e. The summed E-state index contributed by atoms with van der Waals surface area (Å²) in [6.45, 7) is 1.79. The molecule has 0 bridgehead atoms. The van der Waals surface area contributed by atoms with Crippen LogP contribution in [-0.2, 0) is 4.74 Å². The Labute approximate surface area is 105 Å². The van der Waals surface area contributed by atoms with Crippen LogP contribution in [0.15, 0.2) is 18.5 Å². The molecule has 0 aliphatic carbocycles. The van der Waals surface area contributed by atoms with E-state index in [1.807, 2.05) is 0 Å². The molecule has 8 heteroatoms. The summed E-state index contributed by atoms with van der Waals surface area (Å²) >= 11 is 0. The molecule has 0 aliphatic rings. The average Bonchev–Trinajstić information content (AvgIpc) is 2.83. The Morgan fingerprint density at radius 1 is 1.37 bits per heavy atom. The number of aromatic nitrogens is 3. The highest BCUT2D eigenvalue weighted by atomic mass is 19.2. The van der Waals surface area contributed by atoms with Crippen LogP contribution in [0.4, 0.5) is 13.2 Å². The van der Waals surface area contributed by atoms with Crippen LogP contribution >= 0.6 is 0 Å². The van der Waals surface area contributed by atoms with Crippen LogP contribution in [-0.4, -0.2) is 27.3 Å². The SMILES string of the molecule is CCOC(=O)c1cnn(-c2nc(F)c(F)cc2F)c1. The van der Waals surface area contributed by atoms with Crippen molar-refractivity contribution in [1.82, 2.24) is 14.8 Å². The molecule has 2 aromatic rings. The number of halogens is 3. The number of carbonyl (C=O) groups excluding carboxylic acids is 1. The predicted octanol–water partition coefficient (Wildman–Crippen LogP) is 1.86. The Bertz CT molecular complexity index is 628. The van der Waals surface area contributed by atoms with Crippen molar-refractivity contribution in [3.63, 3.8) is 0 Å². The molecule has 0 amide bonds. The van der Waals surface area contributed by atoms with Crippen LogP contribution < -0.4 is 0 Å². The first-order valence-corrected chi connectivity index (χ1v) is 5.26. The van der Waals surface area contributed by atoms with E-state index in [2.05, 4.69) is 10.1 Å². The highest BCUT2D eigenvalue weighted by Crippen LogP contribution is 2.14. The lowest BCUT2D eigenvalue weighted by Gasteiger charge is -2.02. The number of rotatable bonds is 3. The van der Waals surface area contributed by atoms with Gasteiger partial charge in [-0.1, -0.05) is 0 Å². The summed E-state index contributed by atoms with van der Waals surface area (Å²) in [4.78, 5) is 14.5. The summed E-state index contributed by atoms with van der Waals surface area (Å²) < 4.78 is 44.6. The van der Waals surface area contributed by atoms with Gasteiger partial charge in [0, 0.05) is 12.3 Å². The normalized spacial score (nSPS) is 10.5. The van der Waals surface area contributed by atoms with Gasteiger partial charge in [-0.15, -0.1) is 0 Å². The third-order valence-corrected chi connectivity index (χ3v) is 2.18. The first kappa shape index (κ1) is 13.1. The molecule has 2 heterocycles. The van der Waals surface area contributed by atoms with Gasteiger partial charge in [0.25, 0.3) is 5.95 Å². The van der Waals surface area contributed by atoms with Gasteiger partial charge in [0.2, 0.25) is 0 Å². The topological polar surface area (TPSA) is 57.0 Å². The van der Waals surface area contributed by atoms with Crippen molar-refractivity contribution in [1.29, 1.82) is 0 Å². The first-order chi connectivity index (χ1) is 9.02. The number of hydrogen-bond donors (Lipinski definition) is 0. The minimum atomic E-state index is -1.45. The van der Waals surface area contributed by atoms with Crippen molar-refractivity contribution in [3.8, 4) is 5.82 Å². The van der Waals surface area contributed by atoms with Gasteiger partial charge in [-0.2, -0.15) is 14.5 Å². The lowest BCUT2D eigenvalue weighted by molar-refractivity contribution is 0.0526. The summed E-state index contributed by atoms with van der Waals surface area (Å²) in [5.74, 6) is -5.16. The highest BCUT2D eigenvalue weighted by Gasteiger charge is 2.16. The zero-order valence-electron chi connectivity index (χ0n) is 9.73. The second-order valence-electron chi connectivity index (χ2n) is 3.46. The predicted molar refractivity (Wildman–Crippen MR) is 57.2 cm³/mol. The van der Waals surface area contributed by atoms with Gasteiger partial charge in [0.05, 0.1) is 18.4 Å². The Hall–Kier alpha value is -2.38. The molecule has 2 aromatic heterocycles. The Morgan fingerprint density at radius 3 is 2.79 bits per heavy atom. The largest absolute Gasteiger partial charge is 0.462 e. The Balaban J connectivity index is 2.38. The zero-order valence-corrected chi connectivity index (χ0v) is 9.73. The van der Waals surface area contributed by atoms with Crippen LogP contribution in [0, 0.1) is 17.6 Å². The Morgan fingerprint density at radius 2 is 2.11 bits per heavy atom. The average molecular weight is 271 g/mol. The summed E-state index contributed by atoms with van der Waals surface area (Å²) in [6, 6.07) is 0.351. The molecule has 19 heavy (non-hydrogen) atoms. The van der Waals surface area contributed by atoms with E-state index in [1.54, 1.807) is 6.92 Å². The second kappa shape index (κ2) is 5.09. The van der Waals surface area contributed by atoms with Gasteiger partial charge in [-0.3, -0.25) is 0 Å². The second-order valence-corrected chi connectivity index (χ2v) is 3.46. The standard InChI is InChI=1S/C11H8F3N3O2/c1-2-19-11(18)6-4-15-17(5-6)10-8(13)3-7(12)9(14)16-10/h3-5H,2H2,1H3. The van der Waals surface area contributed by atoms with Crippen molar-refractivity contribution in [2.45, 2.75) is 6.92 Å². The zero-order chi connectivity index (χ0) is 14.0. The fourth-order valence-electron chi connectivity index (χ4n) is 1.35. The maximum atomic E-state index is 13.4. The Kier molecular flexibility index (Phi) is 3.50. The van der Waals surface area contributed by atoms with Crippen LogP contribution in [0.3, 0.4) is 0 Å². The third-order valence-electron chi connectivity index (χ3n) is 2.18. The van der Waals surface area contributed by atoms with E-state index in [0.717, 1.165) is 17.1 Å². The summed E-state index contributed by atoms with van der Waals surface area (Å²) in [5, 5.41) is 3.65. The fourth-order valence-corrected chi connectivity index (χ4v) is 1.35. The number of ether oxygens (including phenoxy) is 1. The minimum Gasteiger partial charge on any atom is -0.462 e. The molecule has 0 unspecified atom stereocenters. The number of carbonyl (C=O) groups is 1. The molecular weight excluding hydrogens is 263 g/mol. The van der Waals surface area contributed by atoms with E-state index >= 15 is 0 Å². The van der Waals surface area contributed by atoms with Crippen LogP contribution in [0.2, 0.25) is 0 Å². The molecule has 0 saturated heterocycles. The minimum absolute atomic E-state index is 0.0489. The van der Waals surface area contributed by atoms with E-state index in [-0.39, 0.29) is 12.2 Å². The lowest BCUT2D eigenvalue weighted by atomic mass is 10.4. The van der Waals surface area contributed by atoms with Gasteiger partial charge in [0.1, 0.15) is 0 Å². The molecule has 5 nitrogen and oxygen atoms in total. The lowest BCUT2D eigenvalue weighted by Crippen LogP contribution is -2.06. The molecule has 0 N–H and O–H groups in total. The summed E-state index contributed by atoms with van der Waals surface area (Å²) in [7, 11) is 0. The van der Waals surface area contributed by atoms with Crippen molar-refractivity contribution >= 4 is 5.97 Å². The number of hydrogen-bond acceptors (Lipinski definition) is 4. The number of pyridine rings is 1. The molecule has 0 radical (unpaired) electrons. The van der Waals surface area contributed by atoms with Gasteiger partial charge < -0.3 is 4.74 Å². The summed E-state index contributed by atoms with van der Waals surface area (Å²) in [5.41, 5.74) is 0.0489. The van der Waals surface area contributed by atoms with E-state index in [1.165, 1.54) is 0 Å². The van der Waals surface area contributed by atoms with Crippen LogP contribution in [0.25, 0.3) is 5.82 Å². The third kappa shape index (κ3) is 2.56. The van der Waals surface area contributed by atoms with E-state index in [4.69, 9.17) is 4.74 Å². The smallest absolute Gasteiger partial charge is 0.341 e. The highest BCUT2D eigenvalue weighted by molar-refractivity contribution is 5.88. The van der Waals surface area contributed by atoms with E-state index < -0.39 is 29.4 Å². The molecule has 100 valence electrons. The van der Waals surface area contributed by atoms with Gasteiger partial charge >= 0.3 is 5.97 Å². The van der Waals surface area contributed by atoms with Crippen LogP contribution in [0.5, 0.6) is 0 Å². The van der Waals surface area contributed by atoms with Crippen molar-refractivity contribution in [2.24, 2.45) is 0 Å².